The Bertz CT molecular complexity index is 1170. The van der Waals surface area contributed by atoms with Crippen LogP contribution in [0, 0.1) is 0 Å². The fraction of sp³-hybridized carbons (Fsp3) is 0.227. The van der Waals surface area contributed by atoms with E-state index in [-0.39, 0.29) is 23.5 Å². The SMILES string of the molecule is O=C1C2=C(C(=O)c3ccccc31)[C@@]1(C(=O)Nc3ccc(Br)cc31)N1CCC[C@H]21. The summed E-state index contributed by atoms with van der Waals surface area (Å²) in [6, 6.07) is 12.4. The first-order chi connectivity index (χ1) is 13.5. The number of halogens is 1. The molecule has 1 saturated heterocycles. The lowest BCUT2D eigenvalue weighted by Crippen LogP contribution is -2.51. The van der Waals surface area contributed by atoms with Gasteiger partial charge in [0.15, 0.2) is 17.1 Å². The van der Waals surface area contributed by atoms with Crippen LogP contribution in [-0.4, -0.2) is 35.0 Å². The fourth-order valence-electron chi connectivity index (χ4n) is 5.48. The van der Waals surface area contributed by atoms with E-state index < -0.39 is 5.54 Å². The molecule has 5 nitrogen and oxygen atoms in total. The summed E-state index contributed by atoms with van der Waals surface area (Å²) in [6.45, 7) is 0.675. The maximum atomic E-state index is 13.6. The molecular formula is C22H15BrN2O3. The molecular weight excluding hydrogens is 420 g/mol. The third-order valence-electron chi connectivity index (χ3n) is 6.48. The smallest absolute Gasteiger partial charge is 0.254 e. The number of nitrogens with one attached hydrogen (secondary N) is 1. The van der Waals surface area contributed by atoms with Crippen LogP contribution in [0.25, 0.3) is 0 Å². The molecule has 0 saturated carbocycles. The molecule has 6 rings (SSSR count). The monoisotopic (exact) mass is 434 g/mol. The van der Waals surface area contributed by atoms with Crippen LogP contribution in [0.5, 0.6) is 0 Å². The van der Waals surface area contributed by atoms with Crippen molar-refractivity contribution in [3.8, 4) is 0 Å². The van der Waals surface area contributed by atoms with Crippen LogP contribution in [-0.2, 0) is 10.3 Å². The molecule has 1 amide bonds. The molecule has 2 atom stereocenters. The van der Waals surface area contributed by atoms with Gasteiger partial charge in [-0.3, -0.25) is 19.3 Å². The highest BCUT2D eigenvalue weighted by Gasteiger charge is 2.66. The molecule has 1 aliphatic carbocycles. The van der Waals surface area contributed by atoms with Gasteiger partial charge in [-0.25, -0.2) is 0 Å². The summed E-state index contributed by atoms with van der Waals surface area (Å²) < 4.78 is 0.835. The molecule has 1 fully saturated rings. The molecule has 1 N–H and O–H groups in total. The van der Waals surface area contributed by atoms with Gasteiger partial charge in [0.05, 0.1) is 0 Å². The number of hydrogen-bond acceptors (Lipinski definition) is 4. The van der Waals surface area contributed by atoms with Crippen molar-refractivity contribution in [2.75, 3.05) is 11.9 Å². The van der Waals surface area contributed by atoms with Crippen molar-refractivity contribution in [1.29, 1.82) is 0 Å². The average molecular weight is 435 g/mol. The Kier molecular flexibility index (Phi) is 3.09. The second-order valence-electron chi connectivity index (χ2n) is 7.70. The Hall–Kier alpha value is -2.57. The number of rotatable bonds is 0. The maximum absolute atomic E-state index is 13.6. The zero-order chi connectivity index (χ0) is 19.2. The van der Waals surface area contributed by atoms with E-state index in [0.29, 0.717) is 34.5 Å². The molecule has 2 aromatic rings. The summed E-state index contributed by atoms with van der Waals surface area (Å²) in [5.74, 6) is -0.559. The van der Waals surface area contributed by atoms with Crippen LogP contribution in [0.1, 0.15) is 39.1 Å². The number of Topliss-reactive ketones (excluding diaryl/α,β-unsaturated/α-hetero) is 2. The van der Waals surface area contributed by atoms with Crippen molar-refractivity contribution in [3.63, 3.8) is 0 Å². The number of fused-ring (bicyclic) bond motifs is 7. The van der Waals surface area contributed by atoms with Crippen LogP contribution < -0.4 is 5.32 Å². The maximum Gasteiger partial charge on any atom is 0.254 e. The third-order valence-corrected chi connectivity index (χ3v) is 6.98. The number of carbonyl (C=O) groups is 3. The topological polar surface area (TPSA) is 66.5 Å². The van der Waals surface area contributed by atoms with Gasteiger partial charge in [0, 0.05) is 50.6 Å². The van der Waals surface area contributed by atoms with Crippen LogP contribution >= 0.6 is 15.9 Å². The lowest BCUT2D eigenvalue weighted by Gasteiger charge is -2.35. The lowest BCUT2D eigenvalue weighted by molar-refractivity contribution is -0.124. The summed E-state index contributed by atoms with van der Waals surface area (Å²) in [5.41, 5.74) is 1.94. The number of amides is 1. The van der Waals surface area contributed by atoms with E-state index in [1.807, 2.05) is 18.2 Å². The summed E-state index contributed by atoms with van der Waals surface area (Å²) in [5, 5.41) is 2.96. The minimum absolute atomic E-state index is 0.116. The first-order valence-corrected chi connectivity index (χ1v) is 10.2. The van der Waals surface area contributed by atoms with Gasteiger partial charge in [0.25, 0.3) is 5.91 Å². The number of benzene rings is 2. The van der Waals surface area contributed by atoms with Crippen LogP contribution in [0.4, 0.5) is 5.69 Å². The first kappa shape index (κ1) is 16.4. The molecule has 28 heavy (non-hydrogen) atoms. The predicted molar refractivity (Wildman–Crippen MR) is 106 cm³/mol. The molecule has 2 aromatic carbocycles. The van der Waals surface area contributed by atoms with E-state index in [0.717, 1.165) is 22.9 Å². The van der Waals surface area contributed by atoms with Crippen molar-refractivity contribution in [3.05, 3.63) is 74.8 Å². The summed E-state index contributed by atoms with van der Waals surface area (Å²) in [4.78, 5) is 42.6. The molecule has 0 unspecified atom stereocenters. The van der Waals surface area contributed by atoms with Crippen LogP contribution in [0.3, 0.4) is 0 Å². The second-order valence-corrected chi connectivity index (χ2v) is 8.61. The zero-order valence-corrected chi connectivity index (χ0v) is 16.4. The lowest BCUT2D eigenvalue weighted by atomic mass is 9.74. The normalized spacial score (nSPS) is 27.8. The molecule has 4 aliphatic rings. The minimum Gasteiger partial charge on any atom is -0.324 e. The van der Waals surface area contributed by atoms with Crippen molar-refractivity contribution in [1.82, 2.24) is 4.90 Å². The van der Waals surface area contributed by atoms with E-state index in [9.17, 15) is 14.4 Å². The van der Waals surface area contributed by atoms with Gasteiger partial charge in [0.1, 0.15) is 0 Å². The average Bonchev–Trinajstić information content (AvgIpc) is 3.34. The van der Waals surface area contributed by atoms with Crippen molar-refractivity contribution >= 4 is 39.1 Å². The Morgan fingerprint density at radius 1 is 1.04 bits per heavy atom. The Labute approximate surface area is 169 Å². The molecule has 3 aliphatic heterocycles. The highest BCUT2D eigenvalue weighted by Crippen LogP contribution is 2.57. The summed E-state index contributed by atoms with van der Waals surface area (Å²) >= 11 is 3.50. The molecule has 0 radical (unpaired) electrons. The molecule has 0 bridgehead atoms. The standard InChI is InChI=1S/C22H15BrN2O3/c23-11-7-8-15-14(10-11)22(21(28)24-15)18-17(16-6-3-9-25(16)22)19(26)12-4-1-2-5-13(12)20(18)27/h1-2,4-5,7-8,10,16H,3,6,9H2,(H,24,28)/t16-,22+/m1/s1. The summed E-state index contributed by atoms with van der Waals surface area (Å²) in [6.07, 6.45) is 1.67. The van der Waals surface area contributed by atoms with Gasteiger partial charge in [-0.2, -0.15) is 0 Å². The van der Waals surface area contributed by atoms with Crippen LogP contribution in [0.15, 0.2) is 58.1 Å². The molecule has 3 heterocycles. The van der Waals surface area contributed by atoms with E-state index >= 15 is 0 Å². The minimum atomic E-state index is -1.23. The predicted octanol–water partition coefficient (Wildman–Crippen LogP) is 3.45. The van der Waals surface area contributed by atoms with Gasteiger partial charge in [-0.05, 0) is 31.0 Å². The number of nitrogens with zero attached hydrogens (tertiary/aromatic N) is 1. The van der Waals surface area contributed by atoms with Gasteiger partial charge < -0.3 is 5.32 Å². The largest absolute Gasteiger partial charge is 0.324 e. The van der Waals surface area contributed by atoms with Crippen molar-refractivity contribution in [2.24, 2.45) is 0 Å². The van der Waals surface area contributed by atoms with Gasteiger partial charge in [-0.15, -0.1) is 0 Å². The van der Waals surface area contributed by atoms with Crippen molar-refractivity contribution < 1.29 is 14.4 Å². The highest BCUT2D eigenvalue weighted by atomic mass is 79.9. The van der Waals surface area contributed by atoms with Crippen LogP contribution in [0.2, 0.25) is 0 Å². The number of anilines is 1. The molecule has 138 valence electrons. The van der Waals surface area contributed by atoms with E-state index in [1.54, 1.807) is 24.3 Å². The number of hydrogen-bond donors (Lipinski definition) is 1. The first-order valence-electron chi connectivity index (χ1n) is 9.36. The van der Waals surface area contributed by atoms with E-state index in [1.165, 1.54) is 0 Å². The molecule has 6 heteroatoms. The Balaban J connectivity index is 1.71. The Morgan fingerprint density at radius 2 is 1.79 bits per heavy atom. The highest BCUT2D eigenvalue weighted by molar-refractivity contribution is 9.10. The van der Waals surface area contributed by atoms with Gasteiger partial charge in [0.2, 0.25) is 0 Å². The third kappa shape index (κ3) is 1.69. The Morgan fingerprint density at radius 3 is 2.57 bits per heavy atom. The quantitative estimate of drug-likeness (QED) is 0.689. The number of ketones is 2. The van der Waals surface area contributed by atoms with E-state index in [4.69, 9.17) is 0 Å². The van der Waals surface area contributed by atoms with E-state index in [2.05, 4.69) is 26.1 Å². The summed E-state index contributed by atoms with van der Waals surface area (Å²) in [7, 11) is 0. The van der Waals surface area contributed by atoms with Gasteiger partial charge >= 0.3 is 0 Å². The fourth-order valence-corrected chi connectivity index (χ4v) is 5.84. The number of carbonyl (C=O) groups excluding carboxylic acids is 3. The zero-order valence-electron chi connectivity index (χ0n) is 14.8. The second kappa shape index (κ2) is 5.27. The molecule has 1 spiro atoms. The van der Waals surface area contributed by atoms with Gasteiger partial charge in [-0.1, -0.05) is 40.2 Å². The van der Waals surface area contributed by atoms with Crippen molar-refractivity contribution in [2.45, 2.75) is 24.4 Å². The molecule has 0 aromatic heterocycles.